The van der Waals surface area contributed by atoms with E-state index in [9.17, 15) is 27.5 Å². The summed E-state index contributed by atoms with van der Waals surface area (Å²) in [4.78, 5) is 28.6. The molecule has 0 fully saturated rings. The molecule has 1 heterocycles. The summed E-state index contributed by atoms with van der Waals surface area (Å²) in [5.41, 5.74) is 1.18. The number of carbonyl (C=O) groups is 2. The number of nitrogens with zero attached hydrogens (tertiary/aromatic N) is 2. The van der Waals surface area contributed by atoms with Crippen LogP contribution in [0.1, 0.15) is 50.4 Å². The molecule has 3 aromatic carbocycles. The van der Waals surface area contributed by atoms with Crippen molar-refractivity contribution in [1.29, 1.82) is 0 Å². The maximum absolute atomic E-state index is 14.3. The molecule has 0 spiro atoms. The lowest BCUT2D eigenvalue weighted by Gasteiger charge is -2.35. The van der Waals surface area contributed by atoms with Crippen LogP contribution in [0.3, 0.4) is 0 Å². The predicted molar refractivity (Wildman–Crippen MR) is 182 cm³/mol. The molecule has 13 heteroatoms. The minimum atomic E-state index is -3.96. The van der Waals surface area contributed by atoms with Gasteiger partial charge in [0.2, 0.25) is 10.0 Å². The van der Waals surface area contributed by atoms with Gasteiger partial charge in [-0.25, -0.2) is 17.6 Å². The Morgan fingerprint density at radius 2 is 1.73 bits per heavy atom. The lowest BCUT2D eigenvalue weighted by molar-refractivity contribution is -0.00834. The first-order chi connectivity index (χ1) is 22.9. The molecule has 0 bridgehead atoms. The molecule has 4 atom stereocenters. The number of aliphatic hydroxyl groups excluding tert-OH is 1. The molecule has 260 valence electrons. The predicted octanol–water partition coefficient (Wildman–Crippen LogP) is 5.59. The molecule has 11 nitrogen and oxygen atoms in total. The minimum absolute atomic E-state index is 0.0168. The van der Waals surface area contributed by atoms with E-state index in [0.717, 1.165) is 18.6 Å². The number of hydrogen-bond donors (Lipinski definition) is 3. The summed E-state index contributed by atoms with van der Waals surface area (Å²) in [6.07, 6.45) is 1.28. The van der Waals surface area contributed by atoms with Crippen molar-refractivity contribution < 1.29 is 37.0 Å². The first kappa shape index (κ1) is 36.8. The number of amides is 3. The quantitative estimate of drug-likeness (QED) is 0.282. The fourth-order valence-corrected chi connectivity index (χ4v) is 6.60. The van der Waals surface area contributed by atoms with E-state index < -0.39 is 39.9 Å². The van der Waals surface area contributed by atoms with E-state index in [1.165, 1.54) is 28.4 Å². The van der Waals surface area contributed by atoms with Crippen molar-refractivity contribution in [3.63, 3.8) is 0 Å². The maximum atomic E-state index is 14.3. The molecule has 0 unspecified atom stereocenters. The average molecular weight is 685 g/mol. The average Bonchev–Trinajstić information content (AvgIpc) is 3.06. The van der Waals surface area contributed by atoms with Crippen LogP contribution >= 0.6 is 0 Å². The standard InChI is InChI=1S/C35H45FN4O7S/c1-24-21-40(25(2)23-41)34(42)31-20-29(38-35(43)37-28-11-6-5-7-12-28)15-18-32(31)47-26(3)10-8-9-19-46-33(24)22-39(4)48(44,45)30-16-13-27(36)14-17-30/h5-7,11-18,20,24-26,33,41H,8-10,19,21-23H2,1-4H3,(H2,37,38,43)/t24-,25-,26-,33+/m0/s1. The first-order valence-corrected chi connectivity index (χ1v) is 17.5. The van der Waals surface area contributed by atoms with Crippen LogP contribution in [-0.2, 0) is 14.8 Å². The van der Waals surface area contributed by atoms with Gasteiger partial charge in [-0.3, -0.25) is 4.79 Å². The van der Waals surface area contributed by atoms with Crippen molar-refractivity contribution in [2.45, 2.75) is 63.2 Å². The second-order valence-electron chi connectivity index (χ2n) is 12.2. The van der Waals surface area contributed by atoms with Crippen LogP contribution in [0.2, 0.25) is 0 Å². The van der Waals surface area contributed by atoms with Gasteiger partial charge in [-0.05, 0) is 87.7 Å². The van der Waals surface area contributed by atoms with Gasteiger partial charge in [-0.15, -0.1) is 0 Å². The van der Waals surface area contributed by atoms with Crippen LogP contribution in [-0.4, -0.2) is 86.3 Å². The molecule has 0 saturated carbocycles. The largest absolute Gasteiger partial charge is 0.490 e. The van der Waals surface area contributed by atoms with Gasteiger partial charge in [-0.1, -0.05) is 25.1 Å². The van der Waals surface area contributed by atoms with Gasteiger partial charge in [0.05, 0.1) is 35.3 Å². The molecule has 3 aromatic rings. The van der Waals surface area contributed by atoms with E-state index in [4.69, 9.17) is 9.47 Å². The highest BCUT2D eigenvalue weighted by Crippen LogP contribution is 2.29. The molecule has 0 saturated heterocycles. The van der Waals surface area contributed by atoms with E-state index in [1.54, 1.807) is 49.4 Å². The number of benzene rings is 3. The number of rotatable bonds is 8. The number of sulfonamides is 1. The van der Waals surface area contributed by atoms with Gasteiger partial charge in [0.1, 0.15) is 11.6 Å². The third kappa shape index (κ3) is 9.75. The Kier molecular flexibility index (Phi) is 12.9. The summed E-state index contributed by atoms with van der Waals surface area (Å²) < 4.78 is 53.9. The number of urea groups is 1. The van der Waals surface area contributed by atoms with E-state index in [0.29, 0.717) is 36.6 Å². The summed E-state index contributed by atoms with van der Waals surface area (Å²) in [5.74, 6) is -1.000. The highest BCUT2D eigenvalue weighted by molar-refractivity contribution is 7.89. The zero-order chi connectivity index (χ0) is 34.8. The summed E-state index contributed by atoms with van der Waals surface area (Å²) in [7, 11) is -2.52. The lowest BCUT2D eigenvalue weighted by atomic mass is 10.0. The van der Waals surface area contributed by atoms with Gasteiger partial charge >= 0.3 is 6.03 Å². The highest BCUT2D eigenvalue weighted by Gasteiger charge is 2.32. The van der Waals surface area contributed by atoms with Gasteiger partial charge in [-0.2, -0.15) is 4.31 Å². The molecule has 4 rings (SSSR count). The van der Waals surface area contributed by atoms with Gasteiger partial charge < -0.3 is 30.1 Å². The third-order valence-corrected chi connectivity index (χ3v) is 10.1. The van der Waals surface area contributed by atoms with Crippen molar-refractivity contribution in [2.24, 2.45) is 5.92 Å². The molecule has 3 amide bonds. The zero-order valence-corrected chi connectivity index (χ0v) is 28.6. The molecule has 1 aliphatic heterocycles. The molecular formula is C35H45FN4O7S. The molecule has 3 N–H and O–H groups in total. The van der Waals surface area contributed by atoms with Crippen molar-refractivity contribution in [3.8, 4) is 5.75 Å². The molecule has 0 aliphatic carbocycles. The second-order valence-corrected chi connectivity index (χ2v) is 14.2. The zero-order valence-electron chi connectivity index (χ0n) is 27.8. The Morgan fingerprint density at radius 1 is 1.04 bits per heavy atom. The molecule has 0 radical (unpaired) electrons. The Balaban J connectivity index is 1.62. The lowest BCUT2D eigenvalue weighted by Crippen LogP contribution is -2.48. The van der Waals surface area contributed by atoms with Gasteiger partial charge in [0.15, 0.2) is 0 Å². The fourth-order valence-electron chi connectivity index (χ4n) is 5.42. The third-order valence-electron chi connectivity index (χ3n) is 8.30. The number of fused-ring (bicyclic) bond motifs is 1. The van der Waals surface area contributed by atoms with E-state index in [2.05, 4.69) is 10.6 Å². The van der Waals surface area contributed by atoms with Gasteiger partial charge in [0, 0.05) is 44.0 Å². The van der Waals surface area contributed by atoms with Crippen LogP contribution in [0.5, 0.6) is 5.75 Å². The normalized spacial score (nSPS) is 20.3. The number of para-hydroxylation sites is 1. The van der Waals surface area contributed by atoms with Crippen molar-refractivity contribution in [3.05, 3.63) is 84.2 Å². The SMILES string of the molecule is C[C@H]1CCCCO[C@H](CN(C)S(=O)(=O)c2ccc(F)cc2)[C@@H](C)CN([C@@H](C)CO)C(=O)c2cc(NC(=O)Nc3ccccc3)ccc2O1. The molecule has 0 aromatic heterocycles. The Morgan fingerprint density at radius 3 is 2.42 bits per heavy atom. The number of nitrogens with one attached hydrogen (secondary N) is 2. The second kappa shape index (κ2) is 16.9. The highest BCUT2D eigenvalue weighted by atomic mass is 32.2. The molecule has 1 aliphatic rings. The van der Waals surface area contributed by atoms with Crippen LogP contribution in [0.25, 0.3) is 0 Å². The number of hydrogen-bond acceptors (Lipinski definition) is 7. The Hall–Kier alpha value is -4.04. The maximum Gasteiger partial charge on any atom is 0.323 e. The number of halogens is 1. The van der Waals surface area contributed by atoms with Crippen LogP contribution in [0.15, 0.2) is 77.7 Å². The molecule has 48 heavy (non-hydrogen) atoms. The van der Waals surface area contributed by atoms with Crippen molar-refractivity contribution in [1.82, 2.24) is 9.21 Å². The van der Waals surface area contributed by atoms with Crippen molar-refractivity contribution >= 4 is 33.3 Å². The summed E-state index contributed by atoms with van der Waals surface area (Å²) in [6, 6.07) is 17.4. The topological polar surface area (TPSA) is 138 Å². The van der Waals surface area contributed by atoms with Crippen LogP contribution < -0.4 is 15.4 Å². The number of aliphatic hydroxyl groups is 1. The van der Waals surface area contributed by atoms with E-state index >= 15 is 0 Å². The van der Waals surface area contributed by atoms with Crippen LogP contribution in [0.4, 0.5) is 20.6 Å². The monoisotopic (exact) mass is 684 g/mol. The number of carbonyl (C=O) groups excluding carboxylic acids is 2. The minimum Gasteiger partial charge on any atom is -0.490 e. The van der Waals surface area contributed by atoms with E-state index in [1.807, 2.05) is 19.9 Å². The fraction of sp³-hybridized carbons (Fsp3) is 0.429. The summed E-state index contributed by atoms with van der Waals surface area (Å²) >= 11 is 0. The number of likely N-dealkylation sites (N-methyl/N-ethyl adjacent to an activating group) is 1. The summed E-state index contributed by atoms with van der Waals surface area (Å²) in [6.45, 7) is 5.64. The van der Waals surface area contributed by atoms with Crippen LogP contribution in [0, 0.1) is 11.7 Å². The number of anilines is 2. The van der Waals surface area contributed by atoms with Gasteiger partial charge in [0.25, 0.3) is 5.91 Å². The Labute approximate surface area is 282 Å². The first-order valence-electron chi connectivity index (χ1n) is 16.1. The van der Waals surface area contributed by atoms with E-state index in [-0.39, 0.29) is 42.2 Å². The smallest absolute Gasteiger partial charge is 0.323 e. The van der Waals surface area contributed by atoms with Crippen molar-refractivity contribution in [2.75, 3.05) is 44.0 Å². The summed E-state index contributed by atoms with van der Waals surface area (Å²) in [5, 5.41) is 15.7. The Bertz CT molecular complexity index is 1630. The number of ether oxygens (including phenoxy) is 2. The molecular weight excluding hydrogens is 639 g/mol.